The minimum atomic E-state index is -2.49. The molecule has 0 heterocycles. The molecule has 0 N–H and O–H groups in total. The van der Waals surface area contributed by atoms with Crippen LogP contribution in [0.1, 0.15) is 72.6 Å². The van der Waals surface area contributed by atoms with Gasteiger partial charge < -0.3 is 13.3 Å². The van der Waals surface area contributed by atoms with Gasteiger partial charge in [-0.15, -0.1) is 0 Å². The Morgan fingerprint density at radius 3 is 1.42 bits per heavy atom. The zero-order valence-electron chi connectivity index (χ0n) is 13.9. The quantitative estimate of drug-likeness (QED) is 0.484. The minimum absolute atomic E-state index is 0.0499. The Labute approximate surface area is 121 Å². The summed E-state index contributed by atoms with van der Waals surface area (Å²) in [4.78, 5) is 0. The predicted molar refractivity (Wildman–Crippen MR) is 83.4 cm³/mol. The van der Waals surface area contributed by atoms with Crippen LogP contribution in [0.25, 0.3) is 0 Å². The second-order valence-corrected chi connectivity index (χ2v) is 8.26. The maximum Gasteiger partial charge on any atom is 0.500 e. The van der Waals surface area contributed by atoms with Crippen LogP contribution in [0.3, 0.4) is 0 Å². The summed E-state index contributed by atoms with van der Waals surface area (Å²) in [7, 11) is 0.982. The van der Waals surface area contributed by atoms with E-state index in [1.54, 1.807) is 14.2 Å². The fourth-order valence-electron chi connectivity index (χ4n) is 2.95. The van der Waals surface area contributed by atoms with E-state index in [9.17, 15) is 0 Å². The Hall–Kier alpha value is 0.0969. The summed E-state index contributed by atoms with van der Waals surface area (Å²) < 4.78 is 18.0. The van der Waals surface area contributed by atoms with E-state index < -0.39 is 8.80 Å². The smallest absolute Gasteiger partial charge is 0.377 e. The third-order valence-corrected chi connectivity index (χ3v) is 6.77. The number of hydrogen-bond donors (Lipinski definition) is 0. The molecule has 0 aliphatic rings. The highest BCUT2D eigenvalue weighted by Gasteiger charge is 2.45. The van der Waals surface area contributed by atoms with Crippen LogP contribution in [-0.4, -0.2) is 28.6 Å². The molecule has 0 atom stereocenters. The van der Waals surface area contributed by atoms with Crippen molar-refractivity contribution in [2.24, 2.45) is 0 Å². The first-order valence-corrected chi connectivity index (χ1v) is 9.81. The maximum atomic E-state index is 6.58. The zero-order chi connectivity index (χ0) is 14.8. The summed E-state index contributed by atoms with van der Waals surface area (Å²) in [5.74, 6) is 0. The number of rotatable bonds is 12. The average Bonchev–Trinajstić information content (AvgIpc) is 2.39. The Balaban J connectivity index is 5.10. The van der Waals surface area contributed by atoms with Crippen molar-refractivity contribution >= 4 is 8.80 Å². The van der Waals surface area contributed by atoms with E-state index in [1.165, 1.54) is 0 Å². The van der Waals surface area contributed by atoms with E-state index >= 15 is 0 Å². The maximum absolute atomic E-state index is 6.58. The van der Waals surface area contributed by atoms with Crippen LogP contribution < -0.4 is 0 Å². The first kappa shape index (κ1) is 19.1. The van der Waals surface area contributed by atoms with Gasteiger partial charge >= 0.3 is 8.80 Å². The lowest BCUT2D eigenvalue weighted by atomic mass is 9.88. The van der Waals surface area contributed by atoms with Gasteiger partial charge in [0.1, 0.15) is 0 Å². The van der Waals surface area contributed by atoms with Crippen LogP contribution in [0, 0.1) is 0 Å². The summed E-state index contributed by atoms with van der Waals surface area (Å²) in [5.41, 5.74) is -0.0499. The summed E-state index contributed by atoms with van der Waals surface area (Å²) >= 11 is 0. The molecule has 3 nitrogen and oxygen atoms in total. The van der Waals surface area contributed by atoms with Gasteiger partial charge in [0.05, 0.1) is 5.60 Å². The molecular formula is C15H34O3Si. The van der Waals surface area contributed by atoms with E-state index in [0.29, 0.717) is 0 Å². The van der Waals surface area contributed by atoms with Crippen LogP contribution >= 0.6 is 0 Å². The molecule has 0 bridgehead atoms. The molecule has 0 aliphatic carbocycles. The third kappa shape index (κ3) is 5.94. The molecule has 0 aromatic rings. The van der Waals surface area contributed by atoms with E-state index in [2.05, 4.69) is 27.7 Å². The minimum Gasteiger partial charge on any atom is -0.377 e. The second kappa shape index (κ2) is 9.92. The van der Waals surface area contributed by atoms with Crippen molar-refractivity contribution in [2.45, 2.75) is 84.3 Å². The highest BCUT2D eigenvalue weighted by atomic mass is 28.4. The van der Waals surface area contributed by atoms with Gasteiger partial charge in [-0.05, 0) is 19.3 Å². The zero-order valence-corrected chi connectivity index (χ0v) is 14.9. The molecule has 0 unspecified atom stereocenters. The standard InChI is InChI=1S/C15H34O3Si/c1-7-11-15(12-8-2,13-9-3)18-19(16-5,17-6)14-10-4/h7-14H2,1-6H3. The van der Waals surface area contributed by atoms with Crippen LogP contribution in [0.2, 0.25) is 6.04 Å². The summed E-state index contributed by atoms with van der Waals surface area (Å²) in [6.07, 6.45) is 7.76. The Morgan fingerprint density at radius 1 is 0.737 bits per heavy atom. The number of hydrogen-bond acceptors (Lipinski definition) is 3. The van der Waals surface area contributed by atoms with Crippen LogP contribution in [0.15, 0.2) is 0 Å². The topological polar surface area (TPSA) is 27.7 Å². The molecule has 4 heteroatoms. The molecule has 0 aliphatic heterocycles. The van der Waals surface area contributed by atoms with Gasteiger partial charge in [0.25, 0.3) is 0 Å². The van der Waals surface area contributed by atoms with E-state index in [1.807, 2.05) is 0 Å². The Morgan fingerprint density at radius 2 is 1.16 bits per heavy atom. The molecule has 0 fully saturated rings. The van der Waals surface area contributed by atoms with Gasteiger partial charge in [-0.25, -0.2) is 0 Å². The third-order valence-electron chi connectivity index (χ3n) is 3.67. The molecule has 0 spiro atoms. The summed E-state index contributed by atoms with van der Waals surface area (Å²) in [6.45, 7) is 8.84. The normalized spacial score (nSPS) is 12.9. The second-order valence-electron chi connectivity index (χ2n) is 5.38. The highest BCUT2D eigenvalue weighted by molar-refractivity contribution is 6.60. The molecule has 0 amide bonds. The van der Waals surface area contributed by atoms with Crippen molar-refractivity contribution in [2.75, 3.05) is 14.2 Å². The predicted octanol–water partition coefficient (Wildman–Crippen LogP) is 4.78. The van der Waals surface area contributed by atoms with Gasteiger partial charge in [0.2, 0.25) is 0 Å². The molecule has 0 aromatic heterocycles. The van der Waals surface area contributed by atoms with Crippen LogP contribution in [0.4, 0.5) is 0 Å². The molecule has 0 aromatic carbocycles. The first-order chi connectivity index (χ1) is 9.07. The van der Waals surface area contributed by atoms with E-state index in [-0.39, 0.29) is 5.60 Å². The monoisotopic (exact) mass is 290 g/mol. The molecule has 0 saturated carbocycles. The van der Waals surface area contributed by atoms with Crippen molar-refractivity contribution in [3.8, 4) is 0 Å². The molecule has 116 valence electrons. The van der Waals surface area contributed by atoms with Gasteiger partial charge in [0.15, 0.2) is 0 Å². The summed E-state index contributed by atoms with van der Waals surface area (Å²) in [6, 6.07) is 0.902. The lowest BCUT2D eigenvalue weighted by Gasteiger charge is -2.41. The van der Waals surface area contributed by atoms with Gasteiger partial charge in [0, 0.05) is 20.3 Å². The molecular weight excluding hydrogens is 256 g/mol. The van der Waals surface area contributed by atoms with Crippen molar-refractivity contribution in [1.29, 1.82) is 0 Å². The van der Waals surface area contributed by atoms with E-state index in [4.69, 9.17) is 13.3 Å². The van der Waals surface area contributed by atoms with Crippen molar-refractivity contribution in [1.82, 2.24) is 0 Å². The summed E-state index contributed by atoms with van der Waals surface area (Å²) in [5, 5.41) is 0. The highest BCUT2D eigenvalue weighted by Crippen LogP contribution is 2.34. The lowest BCUT2D eigenvalue weighted by Crippen LogP contribution is -2.52. The Bertz CT molecular complexity index is 200. The SMILES string of the molecule is CCCC(CCC)(CCC)O[Si](CCC)(OC)OC. The fourth-order valence-corrected chi connectivity index (χ4v) is 5.37. The van der Waals surface area contributed by atoms with Gasteiger partial charge in [-0.3, -0.25) is 0 Å². The fraction of sp³-hybridized carbons (Fsp3) is 1.00. The molecule has 0 radical (unpaired) electrons. The largest absolute Gasteiger partial charge is 0.500 e. The van der Waals surface area contributed by atoms with Crippen LogP contribution in [0.5, 0.6) is 0 Å². The van der Waals surface area contributed by atoms with Crippen molar-refractivity contribution in [3.05, 3.63) is 0 Å². The van der Waals surface area contributed by atoms with Gasteiger partial charge in [-0.1, -0.05) is 53.4 Å². The molecule has 0 saturated heterocycles. The lowest BCUT2D eigenvalue weighted by molar-refractivity contribution is -0.0356. The molecule has 0 rings (SSSR count). The van der Waals surface area contributed by atoms with Crippen molar-refractivity contribution < 1.29 is 13.3 Å². The molecule has 19 heavy (non-hydrogen) atoms. The average molecular weight is 291 g/mol. The van der Waals surface area contributed by atoms with Gasteiger partial charge in [-0.2, -0.15) is 0 Å². The first-order valence-electron chi connectivity index (χ1n) is 7.88. The van der Waals surface area contributed by atoms with Crippen LogP contribution in [-0.2, 0) is 13.3 Å². The van der Waals surface area contributed by atoms with Crippen molar-refractivity contribution in [3.63, 3.8) is 0 Å². The Kier molecular flexibility index (Phi) is 9.97. The van der Waals surface area contributed by atoms with E-state index in [0.717, 1.165) is 51.0 Å².